The van der Waals surface area contributed by atoms with E-state index in [4.69, 9.17) is 0 Å². The summed E-state index contributed by atoms with van der Waals surface area (Å²) in [6.07, 6.45) is 12.1. The molecule has 0 amide bonds. The highest BCUT2D eigenvalue weighted by Crippen LogP contribution is 1.90. The maximum Gasteiger partial charge on any atom is 0.145 e. The van der Waals surface area contributed by atoms with Crippen LogP contribution in [-0.2, 0) is 9.59 Å². The summed E-state index contributed by atoms with van der Waals surface area (Å²) in [7, 11) is 0. The number of hydrogen-bond acceptors (Lipinski definition) is 2. The molecule has 0 unspecified atom stereocenters. The third-order valence-corrected chi connectivity index (χ3v) is 1.42. The molecule has 74 valence electrons. The van der Waals surface area contributed by atoms with E-state index in [1.807, 2.05) is 0 Å². The monoisotopic (exact) mass is 190 g/mol. The topological polar surface area (TPSA) is 34.1 Å². The van der Waals surface area contributed by atoms with Crippen molar-refractivity contribution in [2.75, 3.05) is 0 Å². The van der Waals surface area contributed by atoms with E-state index < -0.39 is 0 Å². The summed E-state index contributed by atoms with van der Waals surface area (Å²) in [6.45, 7) is 3.47. The molecule has 14 heavy (non-hydrogen) atoms. The number of aldehydes is 2. The predicted molar refractivity (Wildman–Crippen MR) is 57.9 cm³/mol. The Hall–Kier alpha value is -1.70. The fourth-order valence-corrected chi connectivity index (χ4v) is 0.622. The molecule has 0 spiro atoms. The molecule has 0 saturated heterocycles. The predicted octanol–water partition coefficient (Wildman–Crippen LogP) is 2.39. The highest BCUT2D eigenvalue weighted by molar-refractivity contribution is 5.73. The highest BCUT2D eigenvalue weighted by atomic mass is 16.1. The average Bonchev–Trinajstić information content (AvgIpc) is 2.22. The van der Waals surface area contributed by atoms with Gasteiger partial charge in [-0.25, -0.2) is 0 Å². The summed E-state index contributed by atoms with van der Waals surface area (Å²) in [5, 5.41) is 0. The van der Waals surface area contributed by atoms with Crippen LogP contribution in [-0.4, -0.2) is 12.6 Å². The van der Waals surface area contributed by atoms with E-state index in [0.29, 0.717) is 11.1 Å². The van der Waals surface area contributed by atoms with E-state index in [-0.39, 0.29) is 0 Å². The lowest BCUT2D eigenvalue weighted by molar-refractivity contribution is -0.105. The van der Waals surface area contributed by atoms with Gasteiger partial charge in [-0.1, -0.05) is 36.5 Å². The second kappa shape index (κ2) is 7.92. The normalized spacial score (nSPS) is 13.9. The summed E-state index contributed by atoms with van der Waals surface area (Å²) < 4.78 is 0. The maximum atomic E-state index is 10.2. The van der Waals surface area contributed by atoms with Crippen LogP contribution in [0.3, 0.4) is 0 Å². The van der Waals surface area contributed by atoms with Crippen molar-refractivity contribution in [2.24, 2.45) is 0 Å². The van der Waals surface area contributed by atoms with Gasteiger partial charge in [0, 0.05) is 0 Å². The summed E-state index contributed by atoms with van der Waals surface area (Å²) in [5.41, 5.74) is 1.35. The van der Waals surface area contributed by atoms with Crippen LogP contribution in [0.25, 0.3) is 0 Å². The van der Waals surface area contributed by atoms with E-state index in [1.54, 1.807) is 50.3 Å². The Morgan fingerprint density at radius 2 is 1.07 bits per heavy atom. The molecule has 0 rings (SSSR count). The molecule has 0 aromatic heterocycles. The third-order valence-electron chi connectivity index (χ3n) is 1.42. The van der Waals surface area contributed by atoms with Gasteiger partial charge >= 0.3 is 0 Å². The maximum absolute atomic E-state index is 10.2. The average molecular weight is 190 g/mol. The van der Waals surface area contributed by atoms with Crippen LogP contribution in [0.4, 0.5) is 0 Å². The second-order valence-corrected chi connectivity index (χ2v) is 2.83. The number of carbonyl (C=O) groups excluding carboxylic acids is 2. The summed E-state index contributed by atoms with van der Waals surface area (Å²) in [5.74, 6) is 0. The molecular formula is C12H14O2. The van der Waals surface area contributed by atoms with Crippen molar-refractivity contribution in [3.05, 3.63) is 47.6 Å². The fraction of sp³-hybridized carbons (Fsp3) is 0.167. The molecule has 0 bridgehead atoms. The van der Waals surface area contributed by atoms with Crippen LogP contribution in [0.2, 0.25) is 0 Å². The number of allylic oxidation sites excluding steroid dienone is 8. The standard InChI is InChI=1S/C12H14O2/c1-11(9-13)7-5-3-4-6-8-12(2)10-14/h3-10H,1-2H3. The van der Waals surface area contributed by atoms with Gasteiger partial charge in [0.15, 0.2) is 0 Å². The molecule has 0 atom stereocenters. The van der Waals surface area contributed by atoms with Crippen molar-refractivity contribution in [1.82, 2.24) is 0 Å². The van der Waals surface area contributed by atoms with E-state index in [2.05, 4.69) is 0 Å². The van der Waals surface area contributed by atoms with E-state index in [9.17, 15) is 9.59 Å². The van der Waals surface area contributed by atoms with E-state index in [0.717, 1.165) is 12.6 Å². The van der Waals surface area contributed by atoms with Crippen LogP contribution in [0.5, 0.6) is 0 Å². The molecule has 0 aliphatic heterocycles. The van der Waals surface area contributed by atoms with Gasteiger partial charge in [-0.15, -0.1) is 0 Å². The van der Waals surface area contributed by atoms with Crippen LogP contribution in [0.15, 0.2) is 47.6 Å². The van der Waals surface area contributed by atoms with Crippen molar-refractivity contribution in [3.8, 4) is 0 Å². The van der Waals surface area contributed by atoms with Crippen LogP contribution in [0, 0.1) is 0 Å². The zero-order valence-electron chi connectivity index (χ0n) is 8.44. The van der Waals surface area contributed by atoms with Gasteiger partial charge in [0.05, 0.1) is 0 Å². The van der Waals surface area contributed by atoms with E-state index >= 15 is 0 Å². The zero-order valence-corrected chi connectivity index (χ0v) is 8.44. The van der Waals surface area contributed by atoms with Crippen molar-refractivity contribution in [2.45, 2.75) is 13.8 Å². The minimum atomic E-state index is 0.675. The minimum Gasteiger partial charge on any atom is -0.298 e. The van der Waals surface area contributed by atoms with Crippen molar-refractivity contribution in [1.29, 1.82) is 0 Å². The Labute approximate surface area is 84.3 Å². The smallest absolute Gasteiger partial charge is 0.145 e. The summed E-state index contributed by atoms with van der Waals surface area (Å²) >= 11 is 0. The Morgan fingerprint density at radius 1 is 0.714 bits per heavy atom. The number of hydrogen-bond donors (Lipinski definition) is 0. The number of rotatable bonds is 5. The van der Waals surface area contributed by atoms with Gasteiger partial charge in [-0.05, 0) is 25.0 Å². The second-order valence-electron chi connectivity index (χ2n) is 2.83. The molecule has 0 aromatic carbocycles. The first-order valence-electron chi connectivity index (χ1n) is 4.29. The molecule has 0 aliphatic carbocycles. The van der Waals surface area contributed by atoms with Gasteiger partial charge < -0.3 is 0 Å². The number of carbonyl (C=O) groups is 2. The van der Waals surface area contributed by atoms with Gasteiger partial charge in [0.25, 0.3) is 0 Å². The summed E-state index contributed by atoms with van der Waals surface area (Å²) in [4.78, 5) is 20.4. The quantitative estimate of drug-likeness (QED) is 0.379. The van der Waals surface area contributed by atoms with Crippen molar-refractivity contribution >= 4 is 12.6 Å². The van der Waals surface area contributed by atoms with Crippen molar-refractivity contribution < 1.29 is 9.59 Å². The molecule has 0 saturated carbocycles. The first kappa shape index (κ1) is 12.3. The summed E-state index contributed by atoms with van der Waals surface area (Å²) in [6, 6.07) is 0. The SMILES string of the molecule is CC(C=O)=CC=CC=CC=C(C)C=O. The third kappa shape index (κ3) is 6.98. The first-order valence-corrected chi connectivity index (χ1v) is 4.29. The molecule has 0 aromatic rings. The van der Waals surface area contributed by atoms with Crippen LogP contribution in [0.1, 0.15) is 13.8 Å². The molecule has 2 nitrogen and oxygen atoms in total. The van der Waals surface area contributed by atoms with Crippen LogP contribution < -0.4 is 0 Å². The first-order chi connectivity index (χ1) is 6.70. The van der Waals surface area contributed by atoms with Crippen molar-refractivity contribution in [3.63, 3.8) is 0 Å². The lowest BCUT2D eigenvalue weighted by Gasteiger charge is -1.80. The molecule has 2 heteroatoms. The molecule has 0 N–H and O–H groups in total. The van der Waals surface area contributed by atoms with Crippen LogP contribution >= 0.6 is 0 Å². The molecule has 0 aliphatic rings. The Kier molecular flexibility index (Phi) is 6.96. The fourth-order valence-electron chi connectivity index (χ4n) is 0.622. The molecule has 0 heterocycles. The lowest BCUT2D eigenvalue weighted by Crippen LogP contribution is -1.72. The van der Waals surface area contributed by atoms with Gasteiger partial charge in [-0.3, -0.25) is 9.59 Å². The molecular weight excluding hydrogens is 176 g/mol. The van der Waals surface area contributed by atoms with Gasteiger partial charge in [-0.2, -0.15) is 0 Å². The van der Waals surface area contributed by atoms with E-state index in [1.165, 1.54) is 0 Å². The zero-order chi connectivity index (χ0) is 10.8. The van der Waals surface area contributed by atoms with Gasteiger partial charge in [0.2, 0.25) is 0 Å². The Bertz CT molecular complexity index is 272. The molecule has 0 radical (unpaired) electrons. The molecule has 0 fully saturated rings. The Balaban J connectivity index is 4.06. The van der Waals surface area contributed by atoms with Gasteiger partial charge in [0.1, 0.15) is 12.6 Å². The highest BCUT2D eigenvalue weighted by Gasteiger charge is 1.78. The minimum absolute atomic E-state index is 0.675. The Morgan fingerprint density at radius 3 is 1.36 bits per heavy atom. The lowest BCUT2D eigenvalue weighted by atomic mass is 10.3. The largest absolute Gasteiger partial charge is 0.298 e.